The molecule has 2 N–H and O–H groups in total. The highest BCUT2D eigenvalue weighted by molar-refractivity contribution is 6.32. The van der Waals surface area contributed by atoms with Crippen molar-refractivity contribution in [2.45, 2.75) is 44.7 Å². The monoisotopic (exact) mass is 478 g/mol. The number of anilines is 2. The summed E-state index contributed by atoms with van der Waals surface area (Å²) in [6.07, 6.45) is 10.4. The molecule has 34 heavy (non-hydrogen) atoms. The minimum absolute atomic E-state index is 0.258. The molecule has 0 unspecified atom stereocenters. The van der Waals surface area contributed by atoms with Gasteiger partial charge >= 0.3 is 0 Å². The molecular weight excluding hydrogens is 452 g/mol. The first-order chi connectivity index (χ1) is 16.4. The van der Waals surface area contributed by atoms with Crippen molar-refractivity contribution in [2.24, 2.45) is 7.05 Å². The molecule has 1 saturated carbocycles. The minimum Gasteiger partial charge on any atom is -0.371 e. The maximum atomic E-state index is 13.2. The van der Waals surface area contributed by atoms with Gasteiger partial charge in [-0.05, 0) is 44.7 Å². The van der Waals surface area contributed by atoms with E-state index in [1.165, 1.54) is 12.8 Å². The molecule has 0 spiro atoms. The molecule has 2 fully saturated rings. The fraction of sp³-hybridized carbons (Fsp3) is 0.417. The predicted octanol–water partition coefficient (Wildman–Crippen LogP) is 3.55. The van der Waals surface area contributed by atoms with E-state index >= 15 is 0 Å². The number of nitrogens with one attached hydrogen (secondary N) is 2. The second-order valence-electron chi connectivity index (χ2n) is 9.38. The maximum Gasteiger partial charge on any atom is 0.259 e. The third kappa shape index (κ3) is 3.99. The first-order valence-electron chi connectivity index (χ1n) is 11.7. The molecular formula is C24H27ClN8O. The van der Waals surface area contributed by atoms with Crippen molar-refractivity contribution in [3.8, 4) is 0 Å². The number of halogens is 1. The number of hydrogen-bond acceptors (Lipinski definition) is 6. The Bertz CT molecular complexity index is 1400. The summed E-state index contributed by atoms with van der Waals surface area (Å²) in [5.74, 6) is 0.157. The lowest BCUT2D eigenvalue weighted by atomic mass is 10.0. The van der Waals surface area contributed by atoms with Crippen molar-refractivity contribution < 1.29 is 4.79 Å². The molecule has 4 aromatic rings. The summed E-state index contributed by atoms with van der Waals surface area (Å²) >= 11 is 6.21. The van der Waals surface area contributed by atoms with Crippen molar-refractivity contribution in [1.82, 2.24) is 29.5 Å². The van der Waals surface area contributed by atoms with Crippen LogP contribution < -0.4 is 15.5 Å². The van der Waals surface area contributed by atoms with Crippen LogP contribution in [0.3, 0.4) is 0 Å². The molecule has 0 atom stereocenters. The molecule has 0 radical (unpaired) electrons. The number of benzene rings is 1. The summed E-state index contributed by atoms with van der Waals surface area (Å²) in [6.45, 7) is 3.85. The van der Waals surface area contributed by atoms with E-state index < -0.39 is 0 Å². The fourth-order valence-corrected chi connectivity index (χ4v) is 5.13. The van der Waals surface area contributed by atoms with Crippen molar-refractivity contribution in [2.75, 3.05) is 23.3 Å². The van der Waals surface area contributed by atoms with Crippen LogP contribution >= 0.6 is 11.6 Å². The van der Waals surface area contributed by atoms with Crippen LogP contribution in [0.5, 0.6) is 0 Å². The number of carbonyl (C=O) groups is 1. The van der Waals surface area contributed by atoms with Crippen LogP contribution in [0.15, 0.2) is 30.7 Å². The Balaban J connectivity index is 1.26. The first kappa shape index (κ1) is 21.4. The second kappa shape index (κ2) is 8.25. The average molecular weight is 479 g/mol. The van der Waals surface area contributed by atoms with Crippen LogP contribution in [0.4, 0.5) is 11.5 Å². The van der Waals surface area contributed by atoms with Gasteiger partial charge in [-0.2, -0.15) is 5.10 Å². The molecule has 6 rings (SSSR count). The molecule has 2 aliphatic rings. The van der Waals surface area contributed by atoms with Gasteiger partial charge in [-0.3, -0.25) is 9.48 Å². The van der Waals surface area contributed by atoms with Crippen LogP contribution in [-0.4, -0.2) is 55.2 Å². The Labute approximate surface area is 202 Å². The molecule has 0 bridgehead atoms. The van der Waals surface area contributed by atoms with Gasteiger partial charge in [0.05, 0.1) is 17.5 Å². The van der Waals surface area contributed by atoms with E-state index in [1.54, 1.807) is 15.3 Å². The Morgan fingerprint density at radius 2 is 1.82 bits per heavy atom. The van der Waals surface area contributed by atoms with Gasteiger partial charge in [0, 0.05) is 55.7 Å². The van der Waals surface area contributed by atoms with Gasteiger partial charge in [0.25, 0.3) is 5.91 Å². The quantitative estimate of drug-likeness (QED) is 0.455. The number of nitrogens with zero attached hydrogens (tertiary/aromatic N) is 6. The Hall–Kier alpha value is -3.17. The number of aryl methyl sites for hydroxylation is 2. The van der Waals surface area contributed by atoms with Gasteiger partial charge in [-0.1, -0.05) is 11.6 Å². The topological polar surface area (TPSA) is 92.4 Å². The van der Waals surface area contributed by atoms with Gasteiger partial charge in [0.15, 0.2) is 16.6 Å². The van der Waals surface area contributed by atoms with Crippen LogP contribution in [0, 0.1) is 6.92 Å². The van der Waals surface area contributed by atoms with E-state index in [4.69, 9.17) is 11.6 Å². The van der Waals surface area contributed by atoms with Gasteiger partial charge in [-0.25, -0.2) is 9.97 Å². The summed E-state index contributed by atoms with van der Waals surface area (Å²) in [6, 6.07) is 5.25. The van der Waals surface area contributed by atoms with E-state index in [9.17, 15) is 4.79 Å². The normalized spacial score (nSPS) is 17.1. The lowest BCUT2D eigenvalue weighted by molar-refractivity contribution is 0.102. The highest BCUT2D eigenvalue weighted by Gasteiger charge is 2.28. The van der Waals surface area contributed by atoms with Crippen molar-refractivity contribution in [3.05, 3.63) is 47.1 Å². The number of piperidine rings is 1. The smallest absolute Gasteiger partial charge is 0.259 e. The number of imidazole rings is 1. The van der Waals surface area contributed by atoms with Crippen molar-refractivity contribution >= 4 is 45.6 Å². The molecule has 10 heteroatoms. The summed E-state index contributed by atoms with van der Waals surface area (Å²) in [4.78, 5) is 24.3. The van der Waals surface area contributed by atoms with Crippen molar-refractivity contribution in [1.29, 1.82) is 0 Å². The molecule has 176 valence electrons. The lowest BCUT2D eigenvalue weighted by Crippen LogP contribution is -2.43. The van der Waals surface area contributed by atoms with Crippen molar-refractivity contribution in [3.63, 3.8) is 0 Å². The summed E-state index contributed by atoms with van der Waals surface area (Å²) in [5.41, 5.74) is 3.61. The number of aromatic nitrogens is 5. The third-order valence-electron chi connectivity index (χ3n) is 6.66. The molecule has 3 aromatic heterocycles. The summed E-state index contributed by atoms with van der Waals surface area (Å²) in [5, 5.41) is 12.6. The summed E-state index contributed by atoms with van der Waals surface area (Å²) in [7, 11) is 1.89. The number of amides is 1. The molecule has 1 aliphatic heterocycles. The van der Waals surface area contributed by atoms with Gasteiger partial charge in [0.1, 0.15) is 5.52 Å². The number of fused-ring (bicyclic) bond motifs is 2. The number of rotatable bonds is 5. The number of hydrogen-bond donors (Lipinski definition) is 2. The first-order valence-corrected chi connectivity index (χ1v) is 12.1. The molecule has 4 heterocycles. The van der Waals surface area contributed by atoms with E-state index in [1.807, 2.05) is 38.5 Å². The van der Waals surface area contributed by atoms with Crippen LogP contribution in [0.1, 0.15) is 41.7 Å². The maximum absolute atomic E-state index is 13.2. The molecule has 1 saturated heterocycles. The Morgan fingerprint density at radius 3 is 2.59 bits per heavy atom. The Morgan fingerprint density at radius 1 is 1.06 bits per heavy atom. The zero-order chi connectivity index (χ0) is 23.4. The molecule has 1 aromatic carbocycles. The largest absolute Gasteiger partial charge is 0.371 e. The second-order valence-corrected chi connectivity index (χ2v) is 9.74. The zero-order valence-corrected chi connectivity index (χ0v) is 20.0. The van der Waals surface area contributed by atoms with Crippen LogP contribution in [-0.2, 0) is 7.05 Å². The highest BCUT2D eigenvalue weighted by atomic mass is 35.5. The van der Waals surface area contributed by atoms with Gasteiger partial charge in [-0.15, -0.1) is 0 Å². The fourth-order valence-electron chi connectivity index (χ4n) is 4.86. The van der Waals surface area contributed by atoms with E-state index in [-0.39, 0.29) is 5.91 Å². The molecule has 9 nitrogen and oxygen atoms in total. The summed E-state index contributed by atoms with van der Waals surface area (Å²) < 4.78 is 3.53. The predicted molar refractivity (Wildman–Crippen MR) is 133 cm³/mol. The SMILES string of the molecule is Cc1cn2cc(NC(=O)c3ccc(N4CCC(NC5CC5)CC4)c4cn(C)nc34)nc2c(Cl)n1. The van der Waals surface area contributed by atoms with Crippen LogP contribution in [0.2, 0.25) is 5.15 Å². The Kier molecular flexibility index (Phi) is 5.18. The minimum atomic E-state index is -0.258. The lowest BCUT2D eigenvalue weighted by Gasteiger charge is -2.34. The molecule has 1 amide bonds. The highest BCUT2D eigenvalue weighted by Crippen LogP contribution is 2.32. The van der Waals surface area contributed by atoms with E-state index in [0.29, 0.717) is 33.7 Å². The average Bonchev–Trinajstić information content (AvgIpc) is 3.38. The van der Waals surface area contributed by atoms with Gasteiger partial charge in [0.2, 0.25) is 0 Å². The third-order valence-corrected chi connectivity index (χ3v) is 6.91. The van der Waals surface area contributed by atoms with Crippen LogP contribution in [0.25, 0.3) is 16.6 Å². The zero-order valence-electron chi connectivity index (χ0n) is 19.3. The van der Waals surface area contributed by atoms with Gasteiger partial charge < -0.3 is 19.9 Å². The van der Waals surface area contributed by atoms with E-state index in [2.05, 4.69) is 30.6 Å². The van der Waals surface area contributed by atoms with E-state index in [0.717, 1.165) is 48.7 Å². The number of carbonyl (C=O) groups excluding carboxylic acids is 1. The molecule has 1 aliphatic carbocycles. The standard InChI is InChI=1S/C24H27ClN8O/c1-14-11-33-13-20(28-23(33)22(25)26-14)29-24(34)17-5-6-19(18-12-31(2)30-21(17)18)32-9-7-16(8-10-32)27-15-3-4-15/h5-6,11-13,15-16,27H,3-4,7-10H2,1-2H3,(H,29,34).